The molecule has 4 aromatic rings. The van der Waals surface area contributed by atoms with Gasteiger partial charge in [-0.15, -0.1) is 0 Å². The van der Waals surface area contributed by atoms with Crippen molar-refractivity contribution < 1.29 is 14.2 Å². The zero-order valence-electron chi connectivity index (χ0n) is 19.5. The van der Waals surface area contributed by atoms with Crippen molar-refractivity contribution in [3.05, 3.63) is 85.6 Å². The zero-order chi connectivity index (χ0) is 25.7. The first kappa shape index (κ1) is 26.2. The lowest BCUT2D eigenvalue weighted by Gasteiger charge is -2.17. The third-order valence-electron chi connectivity index (χ3n) is 5.22. The van der Waals surface area contributed by atoms with Crippen LogP contribution in [0.15, 0.2) is 54.6 Å². The number of halogens is 3. The van der Waals surface area contributed by atoms with Gasteiger partial charge in [-0.3, -0.25) is 0 Å². The molecule has 0 bridgehead atoms. The molecule has 1 heterocycles. The molecule has 11 heteroatoms. The van der Waals surface area contributed by atoms with Gasteiger partial charge >= 0.3 is 0 Å². The van der Waals surface area contributed by atoms with Gasteiger partial charge < -0.3 is 19.6 Å². The summed E-state index contributed by atoms with van der Waals surface area (Å²) >= 11 is 24.3. The molecular weight excluding hydrogens is 543 g/mol. The smallest absolute Gasteiger partial charge is 0.214 e. The number of rotatable bonds is 10. The number of nitrogens with one attached hydrogen (secondary N) is 2. The Hall–Kier alpha value is -2.91. The number of hydrogen-bond acceptors (Lipinski definition) is 6. The van der Waals surface area contributed by atoms with Crippen molar-refractivity contribution in [3.8, 4) is 28.6 Å². The monoisotopic (exact) mass is 564 g/mol. The van der Waals surface area contributed by atoms with Gasteiger partial charge in [0.2, 0.25) is 4.77 Å². The number of hydrogen-bond donors (Lipinski definition) is 2. The first-order chi connectivity index (χ1) is 17.4. The zero-order valence-corrected chi connectivity index (χ0v) is 22.6. The number of methoxy groups -OCH3 is 1. The molecule has 0 spiro atoms. The van der Waals surface area contributed by atoms with E-state index >= 15 is 0 Å². The number of benzene rings is 3. The van der Waals surface area contributed by atoms with Gasteiger partial charge in [-0.1, -0.05) is 53.0 Å². The van der Waals surface area contributed by atoms with E-state index in [1.165, 1.54) is 0 Å². The minimum absolute atomic E-state index is 0.208. The van der Waals surface area contributed by atoms with Crippen molar-refractivity contribution in [3.63, 3.8) is 0 Å². The molecule has 0 radical (unpaired) electrons. The van der Waals surface area contributed by atoms with Gasteiger partial charge in [0, 0.05) is 15.6 Å². The van der Waals surface area contributed by atoms with Crippen molar-refractivity contribution in [2.45, 2.75) is 20.1 Å². The Balaban J connectivity index is 1.56. The highest BCUT2D eigenvalue weighted by Crippen LogP contribution is 2.38. The van der Waals surface area contributed by atoms with E-state index in [0.29, 0.717) is 56.1 Å². The maximum Gasteiger partial charge on any atom is 0.214 e. The fraction of sp³-hybridized carbons (Fsp3) is 0.200. The van der Waals surface area contributed by atoms with E-state index < -0.39 is 0 Å². The summed E-state index contributed by atoms with van der Waals surface area (Å²) in [6.45, 7) is 2.93. The average Bonchev–Trinajstić information content (AvgIpc) is 3.23. The third-order valence-corrected chi connectivity index (χ3v) is 6.36. The predicted molar refractivity (Wildman–Crippen MR) is 146 cm³/mol. The largest absolute Gasteiger partial charge is 0.496 e. The summed E-state index contributed by atoms with van der Waals surface area (Å²) < 4.78 is 19.4. The van der Waals surface area contributed by atoms with Gasteiger partial charge in [-0.05, 0) is 61.1 Å². The molecule has 0 atom stereocenters. The molecule has 36 heavy (non-hydrogen) atoms. The maximum absolute atomic E-state index is 6.61. The number of aromatic nitrogens is 3. The molecule has 3 aromatic carbocycles. The molecule has 1 aromatic heterocycles. The van der Waals surface area contributed by atoms with Gasteiger partial charge in [0.25, 0.3) is 0 Å². The number of aromatic amines is 1. The lowest BCUT2D eigenvalue weighted by atomic mass is 10.2. The second-order valence-electron chi connectivity index (χ2n) is 7.59. The van der Waals surface area contributed by atoms with Gasteiger partial charge in [-0.25, -0.2) is 9.77 Å². The summed E-state index contributed by atoms with van der Waals surface area (Å²) in [6, 6.07) is 16.5. The minimum Gasteiger partial charge on any atom is -0.496 e. The van der Waals surface area contributed by atoms with E-state index in [4.69, 9.17) is 61.2 Å². The highest BCUT2D eigenvalue weighted by atomic mass is 35.5. The molecule has 0 unspecified atom stereocenters. The topological polar surface area (TPSA) is 73.3 Å². The number of para-hydroxylation sites is 1. The molecule has 0 amide bonds. The molecule has 0 saturated carbocycles. The second kappa shape index (κ2) is 11.9. The summed E-state index contributed by atoms with van der Waals surface area (Å²) in [4.78, 5) is 0. The van der Waals surface area contributed by atoms with E-state index in [9.17, 15) is 0 Å². The maximum atomic E-state index is 6.61. The molecule has 188 valence electrons. The Morgan fingerprint density at radius 3 is 2.56 bits per heavy atom. The molecule has 0 aliphatic heterocycles. The molecule has 0 aliphatic rings. The van der Waals surface area contributed by atoms with Gasteiger partial charge in [0.15, 0.2) is 17.3 Å². The average molecular weight is 566 g/mol. The quantitative estimate of drug-likeness (QED) is 0.197. The molecular formula is C25H23Cl3N4O3S. The minimum atomic E-state index is 0.208. The van der Waals surface area contributed by atoms with Crippen LogP contribution in [0, 0.1) is 4.77 Å². The SMILES string of the molecule is CCOc1cc(CNn2c(-c3ccccc3OC)n[nH]c2=S)cc(Cl)c1OCc1ccc(Cl)cc1Cl. The third kappa shape index (κ3) is 5.90. The van der Waals surface area contributed by atoms with E-state index in [1.807, 2.05) is 49.4 Å². The van der Waals surface area contributed by atoms with E-state index in [1.54, 1.807) is 23.9 Å². The summed E-state index contributed by atoms with van der Waals surface area (Å²) in [5.74, 6) is 2.22. The summed E-state index contributed by atoms with van der Waals surface area (Å²) in [6.07, 6.45) is 0. The first-order valence-corrected chi connectivity index (χ1v) is 12.5. The Labute approximate surface area is 228 Å². The van der Waals surface area contributed by atoms with Gasteiger partial charge in [0.05, 0.1) is 30.8 Å². The molecule has 0 aliphatic carbocycles. The van der Waals surface area contributed by atoms with Crippen molar-refractivity contribution >= 4 is 47.0 Å². The van der Waals surface area contributed by atoms with Crippen LogP contribution in [-0.2, 0) is 13.2 Å². The standard InChI is InChI=1S/C25H23Cl3N4O3S/c1-3-34-22-11-15(10-20(28)23(22)35-14-16-8-9-17(26)12-19(16)27)13-29-32-24(30-31-25(32)36)18-6-4-5-7-21(18)33-2/h4-12,29H,3,13-14H2,1-2H3,(H,31,36). The first-order valence-electron chi connectivity index (χ1n) is 11.0. The lowest BCUT2D eigenvalue weighted by molar-refractivity contribution is 0.269. The molecule has 2 N–H and O–H groups in total. The molecule has 4 rings (SSSR count). The van der Waals surface area contributed by atoms with Crippen LogP contribution < -0.4 is 19.6 Å². The fourth-order valence-electron chi connectivity index (χ4n) is 3.54. The number of ether oxygens (including phenoxy) is 3. The Morgan fingerprint density at radius 2 is 1.81 bits per heavy atom. The van der Waals surface area contributed by atoms with Crippen molar-refractivity contribution in [1.29, 1.82) is 0 Å². The highest BCUT2D eigenvalue weighted by Gasteiger charge is 2.16. The number of H-pyrrole nitrogens is 1. The van der Waals surface area contributed by atoms with E-state index in [2.05, 4.69) is 15.6 Å². The Kier molecular flexibility index (Phi) is 8.64. The van der Waals surface area contributed by atoms with Crippen molar-refractivity contribution in [2.24, 2.45) is 0 Å². The van der Waals surface area contributed by atoms with Crippen LogP contribution in [0.3, 0.4) is 0 Å². The van der Waals surface area contributed by atoms with Crippen molar-refractivity contribution in [2.75, 3.05) is 19.1 Å². The second-order valence-corrected chi connectivity index (χ2v) is 9.22. The molecule has 0 fully saturated rings. The van der Waals surface area contributed by atoms with Crippen LogP contribution >= 0.6 is 47.0 Å². The predicted octanol–water partition coefficient (Wildman–Crippen LogP) is 7.30. The van der Waals surface area contributed by atoms with E-state index in [0.717, 1.165) is 16.7 Å². The highest BCUT2D eigenvalue weighted by molar-refractivity contribution is 7.71. The Morgan fingerprint density at radius 1 is 1.00 bits per heavy atom. The van der Waals surface area contributed by atoms with Crippen LogP contribution in [-0.4, -0.2) is 28.6 Å². The summed E-state index contributed by atoms with van der Waals surface area (Å²) in [7, 11) is 1.61. The normalized spacial score (nSPS) is 10.8. The van der Waals surface area contributed by atoms with E-state index in [-0.39, 0.29) is 6.61 Å². The van der Waals surface area contributed by atoms with Gasteiger partial charge in [0.1, 0.15) is 12.4 Å². The summed E-state index contributed by atoms with van der Waals surface area (Å²) in [5.41, 5.74) is 5.72. The molecule has 0 saturated heterocycles. The van der Waals surface area contributed by atoms with Crippen LogP contribution in [0.1, 0.15) is 18.1 Å². The summed E-state index contributed by atoms with van der Waals surface area (Å²) in [5, 5.41) is 8.66. The lowest BCUT2D eigenvalue weighted by Crippen LogP contribution is -2.16. The molecule has 7 nitrogen and oxygen atoms in total. The van der Waals surface area contributed by atoms with Crippen LogP contribution in [0.4, 0.5) is 0 Å². The Bertz CT molecular complexity index is 1420. The van der Waals surface area contributed by atoms with Crippen LogP contribution in [0.25, 0.3) is 11.4 Å². The van der Waals surface area contributed by atoms with Crippen molar-refractivity contribution in [1.82, 2.24) is 14.9 Å². The van der Waals surface area contributed by atoms with Crippen LogP contribution in [0.5, 0.6) is 17.2 Å². The van der Waals surface area contributed by atoms with Crippen LogP contribution in [0.2, 0.25) is 15.1 Å². The fourth-order valence-corrected chi connectivity index (χ4v) is 4.49. The van der Waals surface area contributed by atoms with Gasteiger partial charge in [-0.2, -0.15) is 5.10 Å². The number of nitrogens with zero attached hydrogens (tertiary/aromatic N) is 2.